The number of rotatable bonds is 5. The second-order valence-corrected chi connectivity index (χ2v) is 9.68. The molecule has 2 atom stereocenters. The fraction of sp³-hybridized carbons (Fsp3) is 0.400. The minimum atomic E-state index is -3.64. The van der Waals surface area contributed by atoms with E-state index in [9.17, 15) is 12.8 Å². The molecule has 1 fully saturated rings. The molecule has 0 unspecified atom stereocenters. The van der Waals surface area contributed by atoms with Crippen LogP contribution < -0.4 is 4.84 Å². The summed E-state index contributed by atoms with van der Waals surface area (Å²) in [6.07, 6.45) is 1.02. The van der Waals surface area contributed by atoms with Crippen LogP contribution in [0.15, 0.2) is 47.4 Å². The average Bonchev–Trinajstić information content (AvgIpc) is 3.09. The minimum absolute atomic E-state index is 0.0523. The van der Waals surface area contributed by atoms with Crippen molar-refractivity contribution in [3.8, 4) is 0 Å². The van der Waals surface area contributed by atoms with Crippen molar-refractivity contribution < 1.29 is 17.6 Å². The van der Waals surface area contributed by atoms with Gasteiger partial charge in [-0.3, -0.25) is 0 Å². The van der Waals surface area contributed by atoms with Gasteiger partial charge in [-0.2, -0.15) is 4.31 Å². The number of nitrogens with zero attached hydrogens (tertiary/aromatic N) is 4. The first-order chi connectivity index (χ1) is 13.8. The maximum atomic E-state index is 13.8. The summed E-state index contributed by atoms with van der Waals surface area (Å²) >= 11 is 0. The number of benzene rings is 2. The molecule has 2 heterocycles. The van der Waals surface area contributed by atoms with Gasteiger partial charge in [-0.1, -0.05) is 36.9 Å². The standard InChI is InChI=1S/C20H23FN4O3S/c1-14-9-15(2)12-24(11-14)29(26,27)17-7-8-19-20(10-17)25(23-22-19)28-13-16-5-3-4-6-18(16)21/h3-8,10,14-15H,9,11-13H2,1-2H3/t14-,15-/m1/s1. The Balaban J connectivity index is 1.62. The van der Waals surface area contributed by atoms with Crippen molar-refractivity contribution >= 4 is 21.1 Å². The van der Waals surface area contributed by atoms with E-state index in [1.54, 1.807) is 28.6 Å². The first-order valence-corrected chi connectivity index (χ1v) is 11.0. The van der Waals surface area contributed by atoms with Crippen LogP contribution in [0.4, 0.5) is 4.39 Å². The normalized spacial score (nSPS) is 20.8. The average molecular weight is 418 g/mol. The summed E-state index contributed by atoms with van der Waals surface area (Å²) in [5.41, 5.74) is 1.29. The molecule has 1 aliphatic rings. The molecule has 0 aliphatic carbocycles. The Morgan fingerprint density at radius 2 is 1.86 bits per heavy atom. The van der Waals surface area contributed by atoms with Gasteiger partial charge in [0.2, 0.25) is 10.0 Å². The molecule has 1 aromatic heterocycles. The van der Waals surface area contributed by atoms with E-state index in [0.717, 1.165) is 11.3 Å². The third-order valence-electron chi connectivity index (χ3n) is 5.16. The van der Waals surface area contributed by atoms with Crippen molar-refractivity contribution in [3.63, 3.8) is 0 Å². The molecule has 7 nitrogen and oxygen atoms in total. The number of hydrogen-bond donors (Lipinski definition) is 0. The summed E-state index contributed by atoms with van der Waals surface area (Å²) in [7, 11) is -3.64. The lowest BCUT2D eigenvalue weighted by Gasteiger charge is -2.34. The molecular formula is C20H23FN4O3S. The minimum Gasteiger partial charge on any atom is -0.390 e. The Hall–Kier alpha value is -2.52. The van der Waals surface area contributed by atoms with E-state index in [-0.39, 0.29) is 17.3 Å². The zero-order chi connectivity index (χ0) is 20.6. The lowest BCUT2D eigenvalue weighted by molar-refractivity contribution is 0.0733. The van der Waals surface area contributed by atoms with Gasteiger partial charge in [-0.25, -0.2) is 12.8 Å². The Morgan fingerprint density at radius 3 is 2.59 bits per heavy atom. The molecule has 2 aromatic carbocycles. The van der Waals surface area contributed by atoms with Gasteiger partial charge in [0.1, 0.15) is 23.5 Å². The fourth-order valence-corrected chi connectivity index (χ4v) is 5.53. The van der Waals surface area contributed by atoms with E-state index in [1.165, 1.54) is 18.2 Å². The number of fused-ring (bicyclic) bond motifs is 1. The first-order valence-electron chi connectivity index (χ1n) is 9.57. The molecule has 29 heavy (non-hydrogen) atoms. The second kappa shape index (κ2) is 7.72. The molecule has 3 aromatic rings. The molecule has 0 saturated carbocycles. The van der Waals surface area contributed by atoms with E-state index >= 15 is 0 Å². The Kier molecular flexibility index (Phi) is 5.26. The van der Waals surface area contributed by atoms with Gasteiger partial charge in [0.25, 0.3) is 0 Å². The zero-order valence-corrected chi connectivity index (χ0v) is 17.1. The summed E-state index contributed by atoms with van der Waals surface area (Å²) in [6.45, 7) is 5.09. The highest BCUT2D eigenvalue weighted by Crippen LogP contribution is 2.27. The SMILES string of the molecule is C[C@@H]1C[C@@H](C)CN(S(=O)(=O)c2ccc3nnn(OCc4ccccc4F)c3c2)C1. The van der Waals surface area contributed by atoms with Crippen LogP contribution in [0.5, 0.6) is 0 Å². The maximum absolute atomic E-state index is 13.8. The smallest absolute Gasteiger partial charge is 0.243 e. The van der Waals surface area contributed by atoms with Crippen LogP contribution in [0.25, 0.3) is 11.0 Å². The van der Waals surface area contributed by atoms with Crippen LogP contribution in [0.2, 0.25) is 0 Å². The number of aromatic nitrogens is 3. The molecule has 0 amide bonds. The molecule has 0 bridgehead atoms. The largest absolute Gasteiger partial charge is 0.390 e. The molecule has 1 saturated heterocycles. The lowest BCUT2D eigenvalue weighted by Crippen LogP contribution is -2.42. The fourth-order valence-electron chi connectivity index (χ4n) is 3.83. The van der Waals surface area contributed by atoms with Crippen molar-refractivity contribution in [2.75, 3.05) is 13.1 Å². The van der Waals surface area contributed by atoms with E-state index in [1.807, 2.05) is 0 Å². The third-order valence-corrected chi connectivity index (χ3v) is 6.99. The third kappa shape index (κ3) is 3.97. The van der Waals surface area contributed by atoms with Gasteiger partial charge in [0.15, 0.2) is 0 Å². The van der Waals surface area contributed by atoms with E-state index < -0.39 is 10.0 Å². The van der Waals surface area contributed by atoms with Gasteiger partial charge < -0.3 is 4.84 Å². The van der Waals surface area contributed by atoms with Crippen molar-refractivity contribution in [3.05, 3.63) is 53.8 Å². The monoisotopic (exact) mass is 418 g/mol. The Labute approximate surface area is 169 Å². The lowest BCUT2D eigenvalue weighted by atomic mass is 9.94. The Bertz CT molecular complexity index is 1120. The molecule has 9 heteroatoms. The van der Waals surface area contributed by atoms with Crippen LogP contribution in [0, 0.1) is 17.7 Å². The van der Waals surface area contributed by atoms with Crippen molar-refractivity contribution in [2.24, 2.45) is 11.8 Å². The molecule has 154 valence electrons. The van der Waals surface area contributed by atoms with Crippen molar-refractivity contribution in [2.45, 2.75) is 31.8 Å². The number of piperidine rings is 1. The van der Waals surface area contributed by atoms with Gasteiger partial charge in [0.05, 0.1) is 4.90 Å². The molecule has 0 radical (unpaired) electrons. The Morgan fingerprint density at radius 1 is 1.14 bits per heavy atom. The topological polar surface area (TPSA) is 77.3 Å². The summed E-state index contributed by atoms with van der Waals surface area (Å²) in [5.74, 6) is 0.246. The highest BCUT2D eigenvalue weighted by Gasteiger charge is 2.32. The van der Waals surface area contributed by atoms with Gasteiger partial charge in [0, 0.05) is 18.7 Å². The second-order valence-electron chi connectivity index (χ2n) is 7.75. The molecule has 0 N–H and O–H groups in total. The summed E-state index contributed by atoms with van der Waals surface area (Å²) in [6, 6.07) is 10.9. The number of hydrogen-bond acceptors (Lipinski definition) is 5. The van der Waals surface area contributed by atoms with Gasteiger partial charge in [-0.05, 0) is 47.7 Å². The first kappa shape index (κ1) is 19.8. The van der Waals surface area contributed by atoms with Crippen molar-refractivity contribution in [1.82, 2.24) is 19.5 Å². The van der Waals surface area contributed by atoms with Crippen molar-refractivity contribution in [1.29, 1.82) is 0 Å². The zero-order valence-electron chi connectivity index (χ0n) is 16.3. The summed E-state index contributed by atoms with van der Waals surface area (Å²) < 4.78 is 41.7. The van der Waals surface area contributed by atoms with Crippen LogP contribution in [0.3, 0.4) is 0 Å². The van der Waals surface area contributed by atoms with Crippen LogP contribution in [-0.4, -0.2) is 41.0 Å². The van der Waals surface area contributed by atoms with Crippen LogP contribution in [0.1, 0.15) is 25.8 Å². The van der Waals surface area contributed by atoms with E-state index in [0.29, 0.717) is 41.5 Å². The quantitative estimate of drug-likeness (QED) is 0.637. The van der Waals surface area contributed by atoms with Crippen LogP contribution in [-0.2, 0) is 16.6 Å². The van der Waals surface area contributed by atoms with E-state index in [2.05, 4.69) is 24.2 Å². The summed E-state index contributed by atoms with van der Waals surface area (Å²) in [5, 5.41) is 7.91. The predicted molar refractivity (Wildman–Crippen MR) is 106 cm³/mol. The van der Waals surface area contributed by atoms with Gasteiger partial charge in [-0.15, -0.1) is 5.10 Å². The maximum Gasteiger partial charge on any atom is 0.243 e. The van der Waals surface area contributed by atoms with Gasteiger partial charge >= 0.3 is 0 Å². The summed E-state index contributed by atoms with van der Waals surface area (Å²) in [4.78, 5) is 6.88. The highest BCUT2D eigenvalue weighted by atomic mass is 32.2. The number of halogens is 1. The molecule has 4 rings (SSSR count). The predicted octanol–water partition coefficient (Wildman–Crippen LogP) is 2.87. The number of sulfonamides is 1. The van der Waals surface area contributed by atoms with Crippen LogP contribution >= 0.6 is 0 Å². The molecular weight excluding hydrogens is 395 g/mol. The highest BCUT2D eigenvalue weighted by molar-refractivity contribution is 7.89. The van der Waals surface area contributed by atoms with E-state index in [4.69, 9.17) is 4.84 Å². The molecule has 0 spiro atoms. The molecule has 1 aliphatic heterocycles.